The molecule has 0 radical (unpaired) electrons. The number of carbonyl (C=O) groups is 1. The molecule has 6 heteroatoms. The molecule has 0 saturated carbocycles. The Balaban J connectivity index is 1.36. The van der Waals surface area contributed by atoms with Crippen molar-refractivity contribution in [3.63, 3.8) is 0 Å². The third-order valence-electron chi connectivity index (χ3n) is 5.28. The van der Waals surface area contributed by atoms with Crippen LogP contribution in [0.3, 0.4) is 0 Å². The van der Waals surface area contributed by atoms with Gasteiger partial charge < -0.3 is 9.80 Å². The van der Waals surface area contributed by atoms with Crippen LogP contribution in [-0.2, 0) is 11.2 Å². The van der Waals surface area contributed by atoms with Crippen molar-refractivity contribution < 1.29 is 4.79 Å². The first-order chi connectivity index (χ1) is 13.6. The standard InChI is InChI=1S/C22H23ClN4O/c1-16-4-2-3-5-18(16)14-22(28)27-12-10-26(11-13-27)21-15-20(24-25-21)17-6-8-19(23)9-7-17/h2-9,15H,10-14H2,1H3,(H,24,25). The van der Waals surface area contributed by atoms with Gasteiger partial charge in [-0.3, -0.25) is 9.89 Å². The lowest BCUT2D eigenvalue weighted by Crippen LogP contribution is -2.49. The van der Waals surface area contributed by atoms with Gasteiger partial charge in [0.1, 0.15) is 0 Å². The van der Waals surface area contributed by atoms with E-state index >= 15 is 0 Å². The Morgan fingerprint density at radius 3 is 2.50 bits per heavy atom. The molecule has 0 bridgehead atoms. The molecule has 1 N–H and O–H groups in total. The second-order valence-electron chi connectivity index (χ2n) is 7.12. The van der Waals surface area contributed by atoms with Crippen LogP contribution in [0.1, 0.15) is 11.1 Å². The van der Waals surface area contributed by atoms with Gasteiger partial charge in [0.15, 0.2) is 5.82 Å². The lowest BCUT2D eigenvalue weighted by atomic mass is 10.1. The third-order valence-corrected chi connectivity index (χ3v) is 5.53. The summed E-state index contributed by atoms with van der Waals surface area (Å²) in [6.07, 6.45) is 0.468. The van der Waals surface area contributed by atoms with Gasteiger partial charge in [-0.25, -0.2) is 0 Å². The molecule has 2 heterocycles. The number of amides is 1. The molecule has 28 heavy (non-hydrogen) atoms. The van der Waals surface area contributed by atoms with E-state index in [1.165, 1.54) is 5.56 Å². The summed E-state index contributed by atoms with van der Waals surface area (Å²) in [4.78, 5) is 16.8. The van der Waals surface area contributed by atoms with Crippen LogP contribution in [0.2, 0.25) is 5.02 Å². The minimum atomic E-state index is 0.192. The summed E-state index contributed by atoms with van der Waals surface area (Å²) in [6.45, 7) is 5.05. The Kier molecular flexibility index (Phi) is 5.35. The average molecular weight is 395 g/mol. The van der Waals surface area contributed by atoms with E-state index in [2.05, 4.69) is 28.1 Å². The van der Waals surface area contributed by atoms with Crippen LogP contribution in [0.5, 0.6) is 0 Å². The summed E-state index contributed by atoms with van der Waals surface area (Å²) in [7, 11) is 0. The van der Waals surface area contributed by atoms with Crippen molar-refractivity contribution in [2.75, 3.05) is 31.1 Å². The Morgan fingerprint density at radius 2 is 1.79 bits per heavy atom. The van der Waals surface area contributed by atoms with E-state index in [1.807, 2.05) is 53.4 Å². The maximum absolute atomic E-state index is 12.7. The quantitative estimate of drug-likeness (QED) is 0.729. The van der Waals surface area contributed by atoms with Crippen LogP contribution < -0.4 is 4.90 Å². The average Bonchev–Trinajstić information content (AvgIpc) is 3.20. The molecule has 144 valence electrons. The first-order valence-electron chi connectivity index (χ1n) is 9.49. The van der Waals surface area contributed by atoms with E-state index in [0.717, 1.165) is 40.8 Å². The van der Waals surface area contributed by atoms with Crippen molar-refractivity contribution in [3.05, 3.63) is 70.7 Å². The molecule has 0 unspecified atom stereocenters. The molecule has 1 saturated heterocycles. The summed E-state index contributed by atoms with van der Waals surface area (Å²) in [5.41, 5.74) is 4.29. The largest absolute Gasteiger partial charge is 0.352 e. The SMILES string of the molecule is Cc1ccccc1CC(=O)N1CCN(c2cc(-c3ccc(Cl)cc3)[nH]n2)CC1. The van der Waals surface area contributed by atoms with Crippen molar-refractivity contribution in [3.8, 4) is 11.3 Å². The fourth-order valence-corrected chi connectivity index (χ4v) is 3.64. The first-order valence-corrected chi connectivity index (χ1v) is 9.86. The molecule has 0 atom stereocenters. The highest BCUT2D eigenvalue weighted by atomic mass is 35.5. The van der Waals surface area contributed by atoms with Crippen LogP contribution in [0.4, 0.5) is 5.82 Å². The highest BCUT2D eigenvalue weighted by Crippen LogP contribution is 2.24. The van der Waals surface area contributed by atoms with Crippen molar-refractivity contribution in [2.24, 2.45) is 0 Å². The van der Waals surface area contributed by atoms with E-state index in [4.69, 9.17) is 11.6 Å². The van der Waals surface area contributed by atoms with Crippen molar-refractivity contribution >= 4 is 23.3 Å². The van der Waals surface area contributed by atoms with Crippen LogP contribution in [0, 0.1) is 6.92 Å². The number of rotatable bonds is 4. The highest BCUT2D eigenvalue weighted by Gasteiger charge is 2.23. The van der Waals surface area contributed by atoms with Gasteiger partial charge in [-0.15, -0.1) is 0 Å². The Hall–Kier alpha value is -2.79. The predicted octanol–water partition coefficient (Wildman–Crippen LogP) is 3.93. The fourth-order valence-electron chi connectivity index (χ4n) is 3.52. The number of aromatic amines is 1. The number of carbonyl (C=O) groups excluding carboxylic acids is 1. The topological polar surface area (TPSA) is 52.2 Å². The highest BCUT2D eigenvalue weighted by molar-refractivity contribution is 6.30. The first kappa shape index (κ1) is 18.6. The zero-order valence-electron chi connectivity index (χ0n) is 15.9. The van der Waals surface area contributed by atoms with Gasteiger partial charge in [-0.2, -0.15) is 5.10 Å². The number of aromatic nitrogens is 2. The second kappa shape index (κ2) is 8.07. The predicted molar refractivity (Wildman–Crippen MR) is 113 cm³/mol. The van der Waals surface area contributed by atoms with Gasteiger partial charge in [-0.1, -0.05) is 48.0 Å². The smallest absolute Gasteiger partial charge is 0.227 e. The number of nitrogens with one attached hydrogen (secondary N) is 1. The van der Waals surface area contributed by atoms with E-state index in [0.29, 0.717) is 19.5 Å². The molecule has 1 aliphatic heterocycles. The number of halogens is 1. The fraction of sp³-hybridized carbons (Fsp3) is 0.273. The van der Waals surface area contributed by atoms with Gasteiger partial charge in [0, 0.05) is 37.3 Å². The van der Waals surface area contributed by atoms with Crippen LogP contribution in [0.25, 0.3) is 11.3 Å². The molecule has 0 aliphatic carbocycles. The summed E-state index contributed by atoms with van der Waals surface area (Å²) in [6, 6.07) is 17.8. The molecule has 5 nitrogen and oxygen atoms in total. The summed E-state index contributed by atoms with van der Waals surface area (Å²) in [5, 5.41) is 8.27. The number of nitrogens with zero attached hydrogens (tertiary/aromatic N) is 3. The summed E-state index contributed by atoms with van der Waals surface area (Å²) >= 11 is 5.96. The lowest BCUT2D eigenvalue weighted by molar-refractivity contribution is -0.130. The maximum atomic E-state index is 12.7. The number of hydrogen-bond donors (Lipinski definition) is 1. The Bertz CT molecular complexity index is 959. The molecular formula is C22H23ClN4O. The number of benzene rings is 2. The monoisotopic (exact) mass is 394 g/mol. The Morgan fingerprint density at radius 1 is 1.07 bits per heavy atom. The molecule has 1 aromatic heterocycles. The van der Waals surface area contributed by atoms with Gasteiger partial charge >= 0.3 is 0 Å². The van der Waals surface area contributed by atoms with Crippen molar-refractivity contribution in [2.45, 2.75) is 13.3 Å². The van der Waals surface area contributed by atoms with Crippen LogP contribution >= 0.6 is 11.6 Å². The molecule has 4 rings (SSSR count). The summed E-state index contributed by atoms with van der Waals surface area (Å²) in [5.74, 6) is 1.11. The molecule has 1 fully saturated rings. The molecular weight excluding hydrogens is 372 g/mol. The van der Waals surface area contributed by atoms with Crippen molar-refractivity contribution in [1.29, 1.82) is 0 Å². The molecule has 1 amide bonds. The number of H-pyrrole nitrogens is 1. The second-order valence-corrected chi connectivity index (χ2v) is 7.55. The zero-order valence-corrected chi connectivity index (χ0v) is 16.6. The van der Waals surface area contributed by atoms with Gasteiger partial charge in [-0.05, 0) is 35.7 Å². The number of aryl methyl sites for hydroxylation is 1. The minimum absolute atomic E-state index is 0.192. The van der Waals surface area contributed by atoms with E-state index in [9.17, 15) is 4.79 Å². The van der Waals surface area contributed by atoms with Gasteiger partial charge in [0.25, 0.3) is 0 Å². The van der Waals surface area contributed by atoms with Gasteiger partial charge in [0.05, 0.1) is 12.1 Å². The third kappa shape index (κ3) is 4.04. The van der Waals surface area contributed by atoms with Crippen molar-refractivity contribution in [1.82, 2.24) is 15.1 Å². The molecule has 1 aliphatic rings. The van der Waals surface area contributed by atoms with Gasteiger partial charge in [0.2, 0.25) is 5.91 Å². The normalized spacial score (nSPS) is 14.4. The van der Waals surface area contributed by atoms with Crippen LogP contribution in [-0.4, -0.2) is 47.2 Å². The number of anilines is 1. The maximum Gasteiger partial charge on any atom is 0.227 e. The van der Waals surface area contributed by atoms with Crippen LogP contribution in [0.15, 0.2) is 54.6 Å². The van der Waals surface area contributed by atoms with E-state index in [1.54, 1.807) is 0 Å². The zero-order chi connectivity index (χ0) is 19.5. The Labute approximate surface area is 169 Å². The molecule has 0 spiro atoms. The number of hydrogen-bond acceptors (Lipinski definition) is 3. The minimum Gasteiger partial charge on any atom is -0.352 e. The number of piperazine rings is 1. The lowest BCUT2D eigenvalue weighted by Gasteiger charge is -2.35. The molecule has 3 aromatic rings. The summed E-state index contributed by atoms with van der Waals surface area (Å²) < 4.78 is 0. The van der Waals surface area contributed by atoms with E-state index in [-0.39, 0.29) is 5.91 Å². The molecule has 2 aromatic carbocycles. The van der Waals surface area contributed by atoms with E-state index < -0.39 is 0 Å².